The van der Waals surface area contributed by atoms with Crippen LogP contribution in [0.25, 0.3) is 11.0 Å². The lowest BCUT2D eigenvalue weighted by atomic mass is 10.2. The van der Waals surface area contributed by atoms with Crippen LogP contribution in [0.4, 0.5) is 0 Å². The number of carbonyl (C=O) groups excluding carboxylic acids is 1. The van der Waals surface area contributed by atoms with E-state index < -0.39 is 0 Å². The molecule has 1 aromatic carbocycles. The van der Waals surface area contributed by atoms with E-state index in [4.69, 9.17) is 0 Å². The van der Waals surface area contributed by atoms with Crippen LogP contribution in [0.5, 0.6) is 0 Å². The van der Waals surface area contributed by atoms with Crippen molar-refractivity contribution in [2.75, 3.05) is 5.75 Å². The molecule has 0 radical (unpaired) electrons. The summed E-state index contributed by atoms with van der Waals surface area (Å²) in [4.78, 5) is 32.9. The van der Waals surface area contributed by atoms with Crippen LogP contribution in [0.3, 0.4) is 0 Å². The molecule has 2 aromatic heterocycles. The van der Waals surface area contributed by atoms with Gasteiger partial charge < -0.3 is 10.3 Å². The number of fused-ring (bicyclic) bond motifs is 1. The number of hydrogen-bond acceptors (Lipinski definition) is 4. The van der Waals surface area contributed by atoms with Crippen molar-refractivity contribution in [1.29, 1.82) is 0 Å². The standard InChI is InChI=1S/C20H24N4O2S/c1-4-14(3)24-19(26)18-16(10-13(2)22-18)23-20(24)27-12-17(25)21-11-15-8-6-5-7-9-15/h5-10,14,22H,4,11-12H2,1-3H3,(H,21,25)/t14-/m0/s1. The van der Waals surface area contributed by atoms with Crippen LogP contribution in [0.2, 0.25) is 0 Å². The first-order valence-corrected chi connectivity index (χ1v) is 10.0. The third kappa shape index (κ3) is 4.42. The molecule has 7 heteroatoms. The molecule has 0 spiro atoms. The Balaban J connectivity index is 1.77. The van der Waals surface area contributed by atoms with Crippen molar-refractivity contribution >= 4 is 28.7 Å². The van der Waals surface area contributed by atoms with Gasteiger partial charge in [-0.3, -0.25) is 14.2 Å². The normalized spacial score (nSPS) is 12.3. The zero-order valence-electron chi connectivity index (χ0n) is 15.8. The van der Waals surface area contributed by atoms with Gasteiger partial charge in [0.1, 0.15) is 5.52 Å². The average molecular weight is 385 g/mol. The van der Waals surface area contributed by atoms with Crippen LogP contribution in [0.1, 0.15) is 37.6 Å². The summed E-state index contributed by atoms with van der Waals surface area (Å²) in [6, 6.07) is 11.6. The Morgan fingerprint density at radius 1 is 1.33 bits per heavy atom. The Kier molecular flexibility index (Phi) is 6.01. The number of aromatic nitrogens is 3. The molecule has 0 aliphatic carbocycles. The van der Waals surface area contributed by atoms with Gasteiger partial charge in [0.05, 0.1) is 11.3 Å². The summed E-state index contributed by atoms with van der Waals surface area (Å²) in [5, 5.41) is 3.49. The van der Waals surface area contributed by atoms with Crippen molar-refractivity contribution in [3.8, 4) is 0 Å². The second kappa shape index (κ2) is 8.43. The number of H-pyrrole nitrogens is 1. The second-order valence-corrected chi connectivity index (χ2v) is 7.53. The van der Waals surface area contributed by atoms with Gasteiger partial charge in [0, 0.05) is 18.3 Å². The van der Waals surface area contributed by atoms with Gasteiger partial charge in [-0.1, -0.05) is 49.0 Å². The second-order valence-electron chi connectivity index (χ2n) is 6.59. The lowest BCUT2D eigenvalue weighted by Crippen LogP contribution is -2.28. The zero-order chi connectivity index (χ0) is 19.4. The van der Waals surface area contributed by atoms with Gasteiger partial charge in [0.15, 0.2) is 5.16 Å². The number of nitrogens with one attached hydrogen (secondary N) is 2. The Morgan fingerprint density at radius 3 is 2.78 bits per heavy atom. The molecule has 142 valence electrons. The third-order valence-electron chi connectivity index (χ3n) is 4.48. The molecule has 0 saturated carbocycles. The summed E-state index contributed by atoms with van der Waals surface area (Å²) in [5.41, 5.74) is 3.02. The van der Waals surface area contributed by atoms with Crippen LogP contribution >= 0.6 is 11.8 Å². The third-order valence-corrected chi connectivity index (χ3v) is 5.44. The highest BCUT2D eigenvalue weighted by atomic mass is 32.2. The number of hydrogen-bond donors (Lipinski definition) is 2. The van der Waals surface area contributed by atoms with Crippen molar-refractivity contribution in [2.45, 2.75) is 44.9 Å². The van der Waals surface area contributed by atoms with E-state index in [-0.39, 0.29) is 23.3 Å². The fourth-order valence-electron chi connectivity index (χ4n) is 2.84. The quantitative estimate of drug-likeness (QED) is 0.483. The molecule has 27 heavy (non-hydrogen) atoms. The fraction of sp³-hybridized carbons (Fsp3) is 0.350. The molecule has 0 aliphatic rings. The maximum Gasteiger partial charge on any atom is 0.278 e. The highest BCUT2D eigenvalue weighted by Gasteiger charge is 2.17. The summed E-state index contributed by atoms with van der Waals surface area (Å²) in [7, 11) is 0. The van der Waals surface area contributed by atoms with Gasteiger partial charge in [0.25, 0.3) is 5.56 Å². The molecule has 3 aromatic rings. The van der Waals surface area contributed by atoms with Gasteiger partial charge in [-0.05, 0) is 31.9 Å². The molecular formula is C20H24N4O2S. The summed E-state index contributed by atoms with van der Waals surface area (Å²) < 4.78 is 1.69. The summed E-state index contributed by atoms with van der Waals surface area (Å²) in [6.07, 6.45) is 0.806. The van der Waals surface area contributed by atoms with Gasteiger partial charge in [-0.25, -0.2) is 4.98 Å². The number of aromatic amines is 1. The maximum absolute atomic E-state index is 12.9. The molecule has 3 rings (SSSR count). The molecule has 0 saturated heterocycles. The minimum atomic E-state index is -0.0883. The van der Waals surface area contributed by atoms with Crippen LogP contribution in [0.15, 0.2) is 46.3 Å². The maximum atomic E-state index is 12.9. The molecular weight excluding hydrogens is 360 g/mol. The van der Waals surface area contributed by atoms with E-state index in [2.05, 4.69) is 15.3 Å². The largest absolute Gasteiger partial charge is 0.353 e. The lowest BCUT2D eigenvalue weighted by molar-refractivity contribution is -0.118. The van der Waals surface area contributed by atoms with Gasteiger partial charge in [-0.15, -0.1) is 0 Å². The molecule has 0 bridgehead atoms. The first-order valence-electron chi connectivity index (χ1n) is 9.05. The highest BCUT2D eigenvalue weighted by Crippen LogP contribution is 2.22. The monoisotopic (exact) mass is 384 g/mol. The van der Waals surface area contributed by atoms with Crippen LogP contribution in [-0.4, -0.2) is 26.2 Å². The summed E-state index contributed by atoms with van der Waals surface area (Å²) in [6.45, 7) is 6.41. The number of thioether (sulfide) groups is 1. The predicted octanol–water partition coefficient (Wildman–Crippen LogP) is 3.41. The number of nitrogens with zero attached hydrogens (tertiary/aromatic N) is 2. The minimum absolute atomic E-state index is 0.00730. The van der Waals surface area contributed by atoms with Gasteiger partial charge in [-0.2, -0.15) is 0 Å². The van der Waals surface area contributed by atoms with Crippen LogP contribution in [-0.2, 0) is 11.3 Å². The van der Waals surface area contributed by atoms with E-state index in [9.17, 15) is 9.59 Å². The SMILES string of the molecule is CC[C@H](C)n1c(SCC(=O)NCc2ccccc2)nc2cc(C)[nH]c2c1=O. The Bertz CT molecular complexity index is 994. The molecule has 1 amide bonds. The molecule has 1 atom stereocenters. The molecule has 0 fully saturated rings. The summed E-state index contributed by atoms with van der Waals surface area (Å²) >= 11 is 1.30. The molecule has 2 N–H and O–H groups in total. The fourth-order valence-corrected chi connectivity index (χ4v) is 3.77. The molecule has 2 heterocycles. The van der Waals surface area contributed by atoms with Crippen LogP contribution in [0, 0.1) is 6.92 Å². The van der Waals surface area contributed by atoms with Crippen molar-refractivity contribution in [3.63, 3.8) is 0 Å². The smallest absolute Gasteiger partial charge is 0.278 e. The molecule has 0 unspecified atom stereocenters. The first-order chi connectivity index (χ1) is 13.0. The topological polar surface area (TPSA) is 79.8 Å². The zero-order valence-corrected chi connectivity index (χ0v) is 16.6. The van der Waals surface area contributed by atoms with E-state index in [0.717, 1.165) is 17.7 Å². The lowest BCUT2D eigenvalue weighted by Gasteiger charge is -2.17. The highest BCUT2D eigenvalue weighted by molar-refractivity contribution is 7.99. The molecule has 0 aliphatic heterocycles. The van der Waals surface area contributed by atoms with Crippen LogP contribution < -0.4 is 10.9 Å². The Morgan fingerprint density at radius 2 is 2.07 bits per heavy atom. The van der Waals surface area contributed by atoms with Crippen molar-refractivity contribution in [1.82, 2.24) is 19.9 Å². The Labute approximate surface area is 162 Å². The number of aryl methyl sites for hydroxylation is 1. The Hall–Kier alpha value is -2.54. The van der Waals surface area contributed by atoms with Gasteiger partial charge in [0.2, 0.25) is 5.91 Å². The number of carbonyl (C=O) groups is 1. The van der Waals surface area contributed by atoms with E-state index in [1.54, 1.807) is 4.57 Å². The first kappa shape index (κ1) is 19.2. The number of amides is 1. The number of rotatable bonds is 7. The molecule has 6 nitrogen and oxygen atoms in total. The van der Waals surface area contributed by atoms with Gasteiger partial charge >= 0.3 is 0 Å². The van der Waals surface area contributed by atoms with E-state index in [1.807, 2.05) is 57.2 Å². The van der Waals surface area contributed by atoms with Crippen molar-refractivity contribution in [2.24, 2.45) is 0 Å². The van der Waals surface area contributed by atoms with E-state index in [1.165, 1.54) is 11.8 Å². The summed E-state index contributed by atoms with van der Waals surface area (Å²) in [5.74, 6) is 0.129. The van der Waals surface area contributed by atoms with E-state index in [0.29, 0.717) is 22.7 Å². The predicted molar refractivity (Wildman–Crippen MR) is 109 cm³/mol. The minimum Gasteiger partial charge on any atom is -0.353 e. The average Bonchev–Trinajstić information content (AvgIpc) is 3.05. The number of benzene rings is 1. The van der Waals surface area contributed by atoms with E-state index >= 15 is 0 Å². The van der Waals surface area contributed by atoms with Crippen molar-refractivity contribution in [3.05, 3.63) is 58.0 Å². The van der Waals surface area contributed by atoms with Crippen molar-refractivity contribution < 1.29 is 4.79 Å².